The lowest BCUT2D eigenvalue weighted by Gasteiger charge is -2.29. The zero-order chi connectivity index (χ0) is 26.0. The highest BCUT2D eigenvalue weighted by atomic mass is 16.4. The molecule has 0 radical (unpaired) electrons. The summed E-state index contributed by atoms with van der Waals surface area (Å²) in [6, 6.07) is -3.59. The third kappa shape index (κ3) is 9.08. The van der Waals surface area contributed by atoms with Gasteiger partial charge in [0.05, 0.1) is 24.8 Å². The molecule has 1 fully saturated rings. The van der Waals surface area contributed by atoms with Gasteiger partial charge in [0, 0.05) is 19.7 Å². The van der Waals surface area contributed by atoms with Gasteiger partial charge in [-0.2, -0.15) is 0 Å². The van der Waals surface area contributed by atoms with E-state index in [0.29, 0.717) is 6.29 Å². The SMILES string of the molecule is CC(=O)N[C@@H](CC(=O)O)C(=O)N=CC1CCN([C@@H](CC(C)C)C(=O)N[C@H](C=O)CC(=O)O)C1=O. The number of aliphatic carboxylic acids is 2. The topological polar surface area (TPSA) is 200 Å². The van der Waals surface area contributed by atoms with E-state index in [0.717, 1.165) is 13.1 Å². The molecule has 0 spiro atoms. The first-order chi connectivity index (χ1) is 15.8. The number of nitrogens with one attached hydrogen (secondary N) is 2. The molecule has 4 atom stereocenters. The van der Waals surface area contributed by atoms with Gasteiger partial charge in [-0.3, -0.25) is 28.8 Å². The van der Waals surface area contributed by atoms with E-state index in [1.54, 1.807) is 0 Å². The van der Waals surface area contributed by atoms with Gasteiger partial charge < -0.3 is 30.5 Å². The summed E-state index contributed by atoms with van der Waals surface area (Å²) in [4.78, 5) is 87.0. The molecule has 0 aromatic heterocycles. The van der Waals surface area contributed by atoms with Crippen molar-refractivity contribution in [2.75, 3.05) is 6.54 Å². The van der Waals surface area contributed by atoms with Crippen LogP contribution in [0, 0.1) is 11.8 Å². The molecule has 0 aromatic carbocycles. The molecule has 0 aromatic rings. The molecule has 13 nitrogen and oxygen atoms in total. The van der Waals surface area contributed by atoms with Crippen LogP contribution in [0.1, 0.15) is 46.5 Å². The van der Waals surface area contributed by atoms with Crippen LogP contribution in [0.2, 0.25) is 0 Å². The van der Waals surface area contributed by atoms with Crippen molar-refractivity contribution in [1.29, 1.82) is 0 Å². The third-order valence-corrected chi connectivity index (χ3v) is 4.98. The van der Waals surface area contributed by atoms with Gasteiger partial charge in [-0.1, -0.05) is 13.8 Å². The van der Waals surface area contributed by atoms with Gasteiger partial charge in [0.15, 0.2) is 0 Å². The van der Waals surface area contributed by atoms with Crippen LogP contribution in [-0.4, -0.2) is 87.9 Å². The standard InChI is InChI=1S/C21H30N4O9/c1-11(2)6-16(20(33)24-14(10-26)7-17(28)29)25-5-4-13(21(25)34)9-22-19(32)15(8-18(30)31)23-12(3)27/h9-11,13-16H,4-8H2,1-3H3,(H,23,27)(H,24,33)(H,28,29)(H,30,31)/t13?,14-,15-,16-/m0/s1. The summed E-state index contributed by atoms with van der Waals surface area (Å²) in [6.07, 6.45) is 0.597. The number of likely N-dealkylation sites (tertiary alicyclic amines) is 1. The van der Waals surface area contributed by atoms with Crippen LogP contribution in [-0.2, 0) is 33.6 Å². The van der Waals surface area contributed by atoms with E-state index in [4.69, 9.17) is 10.2 Å². The van der Waals surface area contributed by atoms with Gasteiger partial charge in [-0.25, -0.2) is 4.99 Å². The van der Waals surface area contributed by atoms with Gasteiger partial charge >= 0.3 is 11.9 Å². The number of carboxylic acid groups (broad SMARTS) is 2. The Balaban J connectivity index is 2.96. The number of hydrogen-bond donors (Lipinski definition) is 4. The number of nitrogens with zero attached hydrogens (tertiary/aromatic N) is 2. The van der Waals surface area contributed by atoms with Gasteiger partial charge in [-0.05, 0) is 18.8 Å². The number of amides is 4. The van der Waals surface area contributed by atoms with Crippen molar-refractivity contribution in [3.63, 3.8) is 0 Å². The first-order valence-electron chi connectivity index (χ1n) is 10.7. The molecular weight excluding hydrogens is 452 g/mol. The number of aldehydes is 1. The summed E-state index contributed by atoms with van der Waals surface area (Å²) >= 11 is 0. The molecule has 1 unspecified atom stereocenters. The Labute approximate surface area is 196 Å². The van der Waals surface area contributed by atoms with Crippen molar-refractivity contribution >= 4 is 48.1 Å². The van der Waals surface area contributed by atoms with Crippen LogP contribution in [0.15, 0.2) is 4.99 Å². The molecule has 1 aliphatic heterocycles. The van der Waals surface area contributed by atoms with Gasteiger partial charge in [0.25, 0.3) is 5.91 Å². The molecule has 1 saturated heterocycles. The summed E-state index contributed by atoms with van der Waals surface area (Å²) in [6.45, 7) is 4.94. The number of carbonyl (C=O) groups is 7. The van der Waals surface area contributed by atoms with Gasteiger partial charge in [0.1, 0.15) is 18.4 Å². The average Bonchev–Trinajstić information content (AvgIpc) is 3.07. The molecule has 34 heavy (non-hydrogen) atoms. The first-order valence-corrected chi connectivity index (χ1v) is 10.7. The maximum atomic E-state index is 12.9. The molecule has 0 saturated carbocycles. The maximum absolute atomic E-state index is 12.9. The second kappa shape index (κ2) is 13.2. The Morgan fingerprint density at radius 3 is 2.24 bits per heavy atom. The lowest BCUT2D eigenvalue weighted by molar-refractivity contribution is -0.141. The Morgan fingerprint density at radius 2 is 1.74 bits per heavy atom. The van der Waals surface area contributed by atoms with Crippen molar-refractivity contribution in [1.82, 2.24) is 15.5 Å². The molecule has 188 valence electrons. The Kier molecular flexibility index (Phi) is 11.0. The van der Waals surface area contributed by atoms with Crippen LogP contribution in [0.25, 0.3) is 0 Å². The van der Waals surface area contributed by atoms with E-state index in [2.05, 4.69) is 15.6 Å². The predicted molar refractivity (Wildman–Crippen MR) is 117 cm³/mol. The third-order valence-electron chi connectivity index (χ3n) is 4.98. The number of aliphatic imine (C=N–C) groups is 1. The molecule has 4 amide bonds. The normalized spacial score (nSPS) is 18.4. The number of carboxylic acids is 2. The Hall–Kier alpha value is -3.64. The van der Waals surface area contributed by atoms with Crippen molar-refractivity contribution < 1.29 is 43.8 Å². The van der Waals surface area contributed by atoms with E-state index >= 15 is 0 Å². The van der Waals surface area contributed by atoms with E-state index in [-0.39, 0.29) is 25.3 Å². The van der Waals surface area contributed by atoms with E-state index in [9.17, 15) is 33.6 Å². The Morgan fingerprint density at radius 1 is 1.12 bits per heavy atom. The van der Waals surface area contributed by atoms with Crippen molar-refractivity contribution in [2.24, 2.45) is 16.8 Å². The fraction of sp³-hybridized carbons (Fsp3) is 0.619. The highest BCUT2D eigenvalue weighted by molar-refractivity contribution is 6.02. The molecule has 13 heteroatoms. The fourth-order valence-corrected chi connectivity index (χ4v) is 3.47. The molecule has 1 rings (SSSR count). The van der Waals surface area contributed by atoms with Crippen LogP contribution < -0.4 is 10.6 Å². The van der Waals surface area contributed by atoms with Gasteiger partial charge in [0.2, 0.25) is 17.7 Å². The highest BCUT2D eigenvalue weighted by Crippen LogP contribution is 2.23. The van der Waals surface area contributed by atoms with Crippen LogP contribution in [0.3, 0.4) is 0 Å². The van der Waals surface area contributed by atoms with Crippen molar-refractivity contribution in [2.45, 2.75) is 64.6 Å². The zero-order valence-corrected chi connectivity index (χ0v) is 19.2. The minimum atomic E-state index is -1.38. The lowest BCUT2D eigenvalue weighted by atomic mass is 10.0. The monoisotopic (exact) mass is 482 g/mol. The number of rotatable bonds is 13. The van der Waals surface area contributed by atoms with E-state index in [1.807, 2.05) is 13.8 Å². The summed E-state index contributed by atoms with van der Waals surface area (Å²) < 4.78 is 0. The van der Waals surface area contributed by atoms with Crippen molar-refractivity contribution in [3.05, 3.63) is 0 Å². The maximum Gasteiger partial charge on any atom is 0.305 e. The second-order valence-electron chi connectivity index (χ2n) is 8.39. The molecule has 0 bridgehead atoms. The molecule has 1 aliphatic rings. The summed E-state index contributed by atoms with van der Waals surface area (Å²) in [5.41, 5.74) is 0. The Bertz CT molecular complexity index is 839. The molecular formula is C21H30N4O9. The van der Waals surface area contributed by atoms with Crippen LogP contribution in [0.4, 0.5) is 0 Å². The smallest absolute Gasteiger partial charge is 0.305 e. The summed E-state index contributed by atoms with van der Waals surface area (Å²) in [7, 11) is 0. The fourth-order valence-electron chi connectivity index (χ4n) is 3.47. The first kappa shape index (κ1) is 28.4. The minimum absolute atomic E-state index is 0.0126. The van der Waals surface area contributed by atoms with Crippen molar-refractivity contribution in [3.8, 4) is 0 Å². The average molecular weight is 482 g/mol. The highest BCUT2D eigenvalue weighted by Gasteiger charge is 2.39. The molecule has 1 heterocycles. The second-order valence-corrected chi connectivity index (χ2v) is 8.39. The zero-order valence-electron chi connectivity index (χ0n) is 19.2. The summed E-state index contributed by atoms with van der Waals surface area (Å²) in [5.74, 6) is -6.15. The minimum Gasteiger partial charge on any atom is -0.481 e. The van der Waals surface area contributed by atoms with Gasteiger partial charge in [-0.15, -0.1) is 0 Å². The predicted octanol–water partition coefficient (Wildman–Crippen LogP) is -1.02. The quantitative estimate of drug-likeness (QED) is 0.187. The van der Waals surface area contributed by atoms with E-state index < -0.39 is 72.5 Å². The molecule has 4 N–H and O–H groups in total. The lowest BCUT2D eigenvalue weighted by Crippen LogP contribution is -2.52. The summed E-state index contributed by atoms with van der Waals surface area (Å²) in [5, 5.41) is 22.3. The molecule has 0 aliphatic carbocycles. The number of carbonyl (C=O) groups excluding carboxylic acids is 5. The van der Waals surface area contributed by atoms with E-state index in [1.165, 1.54) is 4.90 Å². The largest absolute Gasteiger partial charge is 0.481 e. The number of hydrogen-bond acceptors (Lipinski definition) is 7. The van der Waals surface area contributed by atoms with Crippen LogP contribution in [0.5, 0.6) is 0 Å². The van der Waals surface area contributed by atoms with Crippen LogP contribution >= 0.6 is 0 Å².